The molecule has 2 rings (SSSR count). The Morgan fingerprint density at radius 3 is 2.54 bits per heavy atom. The number of esters is 1. The van der Waals surface area contributed by atoms with Gasteiger partial charge in [-0.05, 0) is 49.8 Å². The van der Waals surface area contributed by atoms with E-state index in [1.165, 1.54) is 0 Å². The lowest BCUT2D eigenvalue weighted by Gasteiger charge is -2.38. The second kappa shape index (κ2) is 10.2. The van der Waals surface area contributed by atoms with Crippen molar-refractivity contribution in [1.82, 2.24) is 14.7 Å². The van der Waals surface area contributed by atoms with Gasteiger partial charge in [0.05, 0.1) is 5.92 Å². The lowest BCUT2D eigenvalue weighted by molar-refractivity contribution is -0.149. The highest BCUT2D eigenvalue weighted by molar-refractivity contribution is 14.1. The number of ether oxygens (including phenoxy) is 2. The minimum atomic E-state index is -0.494. The van der Waals surface area contributed by atoms with E-state index < -0.39 is 5.60 Å². The maximum atomic E-state index is 12.4. The molecule has 2 aliphatic heterocycles. The third kappa shape index (κ3) is 6.63. The number of piperazine rings is 1. The molecule has 0 radical (unpaired) electrons. The first-order valence-electron chi connectivity index (χ1n) is 10.0. The zero-order valence-electron chi connectivity index (χ0n) is 17.6. The van der Waals surface area contributed by atoms with E-state index in [1.54, 1.807) is 4.90 Å². The number of carbonyl (C=O) groups excluding carboxylic acids is 2. The van der Waals surface area contributed by atoms with E-state index in [0.29, 0.717) is 19.6 Å². The Kier molecular flexibility index (Phi) is 8.72. The van der Waals surface area contributed by atoms with Gasteiger partial charge in [0.25, 0.3) is 0 Å². The summed E-state index contributed by atoms with van der Waals surface area (Å²) in [5.41, 5.74) is -0.543. The molecule has 1 amide bonds. The zero-order valence-corrected chi connectivity index (χ0v) is 20.6. The minimum absolute atomic E-state index is 0.0490. The van der Waals surface area contributed by atoms with Crippen LogP contribution >= 0.6 is 35.2 Å². The van der Waals surface area contributed by atoms with Crippen LogP contribution in [0, 0.1) is 5.92 Å². The molecule has 0 aromatic rings. The van der Waals surface area contributed by atoms with Gasteiger partial charge in [0.1, 0.15) is 11.1 Å². The standard InChI is InChI=1S/C19H34IN3O4S/c1-6-7-15(20)26-16(24)13(2)10-22-12-14-11-21(8-9-23(14)17(22)28)18(25)27-19(3,4)5/h13-15,17,28H,6-12H2,1-5H3/t13?,14-,15?,17?/m0/s1. The molecule has 28 heavy (non-hydrogen) atoms. The Morgan fingerprint density at radius 1 is 1.25 bits per heavy atom. The number of hydrogen-bond acceptors (Lipinski definition) is 7. The van der Waals surface area contributed by atoms with Gasteiger partial charge in [-0.15, -0.1) is 12.6 Å². The summed E-state index contributed by atoms with van der Waals surface area (Å²) in [6.07, 6.45) is 1.60. The summed E-state index contributed by atoms with van der Waals surface area (Å²) < 4.78 is 11.0. The van der Waals surface area contributed by atoms with Crippen molar-refractivity contribution in [3.63, 3.8) is 0 Å². The second-order valence-electron chi connectivity index (χ2n) is 8.65. The molecule has 2 fully saturated rings. The summed E-state index contributed by atoms with van der Waals surface area (Å²) in [7, 11) is 0. The number of rotatable bonds is 6. The van der Waals surface area contributed by atoms with E-state index in [-0.39, 0.29) is 33.6 Å². The molecule has 4 atom stereocenters. The van der Waals surface area contributed by atoms with Crippen LogP contribution in [0.1, 0.15) is 47.5 Å². The third-order valence-electron chi connectivity index (χ3n) is 4.92. The average molecular weight is 527 g/mol. The number of fused-ring (bicyclic) bond motifs is 1. The van der Waals surface area contributed by atoms with Crippen molar-refractivity contribution in [3.05, 3.63) is 0 Å². The molecule has 0 spiro atoms. The van der Waals surface area contributed by atoms with Gasteiger partial charge in [-0.2, -0.15) is 0 Å². The van der Waals surface area contributed by atoms with Gasteiger partial charge in [-0.3, -0.25) is 14.6 Å². The Morgan fingerprint density at radius 2 is 1.93 bits per heavy atom. The molecule has 0 saturated carbocycles. The molecule has 0 aliphatic carbocycles. The van der Waals surface area contributed by atoms with Crippen molar-refractivity contribution in [2.75, 3.05) is 32.7 Å². The van der Waals surface area contributed by atoms with Crippen molar-refractivity contribution in [2.45, 2.75) is 68.7 Å². The van der Waals surface area contributed by atoms with Crippen molar-refractivity contribution in [2.24, 2.45) is 5.92 Å². The zero-order chi connectivity index (χ0) is 21.1. The van der Waals surface area contributed by atoms with Crippen LogP contribution in [-0.4, -0.2) is 80.7 Å². The monoisotopic (exact) mass is 527 g/mol. The largest absolute Gasteiger partial charge is 0.451 e. The van der Waals surface area contributed by atoms with E-state index in [4.69, 9.17) is 22.1 Å². The molecule has 2 aliphatic rings. The smallest absolute Gasteiger partial charge is 0.410 e. The maximum absolute atomic E-state index is 12.4. The number of thiol groups is 1. The molecular formula is C19H34IN3O4S. The number of halogens is 1. The van der Waals surface area contributed by atoms with Crippen molar-refractivity contribution >= 4 is 47.3 Å². The van der Waals surface area contributed by atoms with Crippen LogP contribution in [0.4, 0.5) is 4.79 Å². The summed E-state index contributed by atoms with van der Waals surface area (Å²) in [4.78, 5) is 31.0. The summed E-state index contributed by atoms with van der Waals surface area (Å²) in [5, 5.41) is 0. The van der Waals surface area contributed by atoms with Gasteiger partial charge in [0.2, 0.25) is 0 Å². The maximum Gasteiger partial charge on any atom is 0.410 e. The summed E-state index contributed by atoms with van der Waals surface area (Å²) in [5.74, 6) is -0.374. The molecule has 2 saturated heterocycles. The minimum Gasteiger partial charge on any atom is -0.451 e. The molecule has 0 bridgehead atoms. The topological polar surface area (TPSA) is 62.3 Å². The number of nitrogens with zero attached hydrogens (tertiary/aromatic N) is 3. The fraction of sp³-hybridized carbons (Fsp3) is 0.895. The number of hydrogen-bond donors (Lipinski definition) is 1. The van der Waals surface area contributed by atoms with Crippen molar-refractivity contribution in [1.29, 1.82) is 0 Å². The molecule has 9 heteroatoms. The number of carbonyl (C=O) groups is 2. The normalized spacial score (nSPS) is 25.9. The highest BCUT2D eigenvalue weighted by atomic mass is 127. The Hall–Kier alpha value is -0.260. The van der Waals surface area contributed by atoms with E-state index in [2.05, 4.69) is 39.3 Å². The predicted molar refractivity (Wildman–Crippen MR) is 121 cm³/mol. The Labute approximate surface area is 188 Å². The first-order chi connectivity index (χ1) is 13.0. The van der Waals surface area contributed by atoms with E-state index in [9.17, 15) is 9.59 Å². The summed E-state index contributed by atoms with van der Waals surface area (Å²) >= 11 is 6.94. The second-order valence-corrected chi connectivity index (χ2v) is 10.5. The number of amides is 1. The molecular weight excluding hydrogens is 493 g/mol. The van der Waals surface area contributed by atoms with Crippen LogP contribution in [0.15, 0.2) is 0 Å². The van der Waals surface area contributed by atoms with Crippen LogP contribution in [0.3, 0.4) is 0 Å². The molecule has 0 N–H and O–H groups in total. The SMILES string of the molecule is CCCC(I)OC(=O)C(C)CN1C[C@@H]2CN(C(=O)OC(C)(C)C)CCN2C1S. The fourth-order valence-corrected chi connectivity index (χ4v) is 4.89. The summed E-state index contributed by atoms with van der Waals surface area (Å²) in [6.45, 7) is 13.0. The quantitative estimate of drug-likeness (QED) is 0.248. The average Bonchev–Trinajstić information content (AvgIpc) is 2.88. The van der Waals surface area contributed by atoms with Gasteiger partial charge >= 0.3 is 12.1 Å². The third-order valence-corrected chi connectivity index (χ3v) is 6.42. The predicted octanol–water partition coefficient (Wildman–Crippen LogP) is 3.18. The molecule has 162 valence electrons. The van der Waals surface area contributed by atoms with Crippen LogP contribution in [-0.2, 0) is 14.3 Å². The molecule has 0 aromatic heterocycles. The Bertz CT molecular complexity index is 560. The summed E-state index contributed by atoms with van der Waals surface area (Å²) in [6, 6.07) is 0.199. The molecule has 7 nitrogen and oxygen atoms in total. The van der Waals surface area contributed by atoms with Crippen molar-refractivity contribution in [3.8, 4) is 0 Å². The fourth-order valence-electron chi connectivity index (χ4n) is 3.53. The lowest BCUT2D eigenvalue weighted by Crippen LogP contribution is -2.55. The van der Waals surface area contributed by atoms with Gasteiger partial charge in [0, 0.05) is 38.8 Å². The van der Waals surface area contributed by atoms with Crippen LogP contribution < -0.4 is 0 Å². The molecule has 2 heterocycles. The molecule has 0 aromatic carbocycles. The van der Waals surface area contributed by atoms with E-state index >= 15 is 0 Å². The van der Waals surface area contributed by atoms with E-state index in [0.717, 1.165) is 25.9 Å². The van der Waals surface area contributed by atoms with Crippen LogP contribution in [0.2, 0.25) is 0 Å². The highest BCUT2D eigenvalue weighted by Crippen LogP contribution is 2.28. The number of alkyl halides is 1. The van der Waals surface area contributed by atoms with Crippen LogP contribution in [0.5, 0.6) is 0 Å². The van der Waals surface area contributed by atoms with Gasteiger partial charge in [-0.25, -0.2) is 4.79 Å². The first kappa shape index (κ1) is 24.0. The first-order valence-corrected chi connectivity index (χ1v) is 11.8. The van der Waals surface area contributed by atoms with Gasteiger partial charge < -0.3 is 14.4 Å². The van der Waals surface area contributed by atoms with E-state index in [1.807, 2.05) is 27.7 Å². The van der Waals surface area contributed by atoms with Crippen molar-refractivity contribution < 1.29 is 19.1 Å². The van der Waals surface area contributed by atoms with Crippen LogP contribution in [0.25, 0.3) is 0 Å². The van der Waals surface area contributed by atoms with Gasteiger partial charge in [0.15, 0.2) is 4.11 Å². The molecule has 3 unspecified atom stereocenters. The Balaban J connectivity index is 1.88. The lowest BCUT2D eigenvalue weighted by atomic mass is 10.1. The highest BCUT2D eigenvalue weighted by Gasteiger charge is 2.43. The van der Waals surface area contributed by atoms with Gasteiger partial charge in [-0.1, -0.05) is 20.3 Å².